The number of aryl methyl sites for hydroxylation is 3. The third-order valence-corrected chi connectivity index (χ3v) is 7.24. The summed E-state index contributed by atoms with van der Waals surface area (Å²) in [5.41, 5.74) is 11.8. The molecule has 1 aliphatic heterocycles. The van der Waals surface area contributed by atoms with E-state index in [0.717, 1.165) is 72.2 Å². The maximum absolute atomic E-state index is 6.49. The van der Waals surface area contributed by atoms with Crippen molar-refractivity contribution >= 4 is 11.6 Å². The Kier molecular flexibility index (Phi) is 4.38. The van der Waals surface area contributed by atoms with Crippen LogP contribution in [0.5, 0.6) is 0 Å². The lowest BCUT2D eigenvalue weighted by Crippen LogP contribution is -2.47. The van der Waals surface area contributed by atoms with Crippen LogP contribution in [0.1, 0.15) is 56.2 Å². The third kappa shape index (κ3) is 2.78. The Bertz CT molecular complexity index is 1020. The summed E-state index contributed by atoms with van der Waals surface area (Å²) in [6.07, 6.45) is 10.7. The number of hydrogen-bond donors (Lipinski definition) is 1. The van der Waals surface area contributed by atoms with Crippen molar-refractivity contribution < 1.29 is 4.52 Å². The van der Waals surface area contributed by atoms with Crippen LogP contribution in [0.15, 0.2) is 16.9 Å². The van der Waals surface area contributed by atoms with Gasteiger partial charge in [-0.1, -0.05) is 18.5 Å². The quantitative estimate of drug-likeness (QED) is 0.730. The molecule has 154 valence electrons. The van der Waals surface area contributed by atoms with Gasteiger partial charge in [-0.15, -0.1) is 0 Å². The first-order valence-electron chi connectivity index (χ1n) is 10.8. The molecule has 0 radical (unpaired) electrons. The van der Waals surface area contributed by atoms with Gasteiger partial charge in [-0.05, 0) is 51.4 Å². The molecule has 0 amide bonds. The normalized spacial score (nSPS) is 21.5. The van der Waals surface area contributed by atoms with E-state index in [4.69, 9.17) is 20.2 Å². The first kappa shape index (κ1) is 18.6. The fourth-order valence-electron chi connectivity index (χ4n) is 5.52. The maximum Gasteiger partial charge on any atom is 0.211 e. The molecule has 5 rings (SSSR count). The molecule has 3 aromatic heterocycles. The van der Waals surface area contributed by atoms with Crippen molar-refractivity contribution in [2.75, 3.05) is 18.0 Å². The van der Waals surface area contributed by atoms with E-state index >= 15 is 0 Å². The molecule has 0 bridgehead atoms. The Morgan fingerprint density at radius 3 is 2.62 bits per heavy atom. The van der Waals surface area contributed by atoms with Gasteiger partial charge in [0.05, 0.1) is 22.5 Å². The molecular weight excluding hydrogens is 364 g/mol. The van der Waals surface area contributed by atoms with Crippen LogP contribution in [0.3, 0.4) is 0 Å². The summed E-state index contributed by atoms with van der Waals surface area (Å²) in [6.45, 7) is 8.09. The van der Waals surface area contributed by atoms with Crippen molar-refractivity contribution in [3.63, 3.8) is 0 Å². The largest absolute Gasteiger partial charge is 0.361 e. The number of aromatic nitrogens is 4. The van der Waals surface area contributed by atoms with Gasteiger partial charge in [0.2, 0.25) is 5.95 Å². The van der Waals surface area contributed by atoms with Gasteiger partial charge >= 0.3 is 0 Å². The van der Waals surface area contributed by atoms with Crippen LogP contribution in [-0.2, 0) is 6.42 Å². The highest BCUT2D eigenvalue weighted by atomic mass is 16.5. The number of imidazole rings is 1. The van der Waals surface area contributed by atoms with Crippen LogP contribution >= 0.6 is 0 Å². The molecule has 2 N–H and O–H groups in total. The lowest BCUT2D eigenvalue weighted by molar-refractivity contribution is 0.197. The van der Waals surface area contributed by atoms with E-state index in [1.54, 1.807) is 0 Å². The van der Waals surface area contributed by atoms with E-state index < -0.39 is 0 Å². The molecule has 7 nitrogen and oxygen atoms in total. The Morgan fingerprint density at radius 2 is 2.00 bits per heavy atom. The standard InChI is InChI=1S/C22H30N6O/c1-4-16-19(18-14(2)26-29-15(18)3)20-24-10-13-28(20)21(25-16)27-11-8-22(9-12-27)7-5-6-17(22)23/h10,13,17H,4-9,11-12,23H2,1-3H3/t17-/m1/s1. The summed E-state index contributed by atoms with van der Waals surface area (Å²) in [5.74, 6) is 1.80. The van der Waals surface area contributed by atoms with Crippen molar-refractivity contribution in [3.8, 4) is 11.1 Å². The van der Waals surface area contributed by atoms with E-state index in [-0.39, 0.29) is 0 Å². The van der Waals surface area contributed by atoms with Gasteiger partial charge in [-0.2, -0.15) is 0 Å². The molecule has 29 heavy (non-hydrogen) atoms. The van der Waals surface area contributed by atoms with Crippen LogP contribution < -0.4 is 10.6 Å². The lowest BCUT2D eigenvalue weighted by atomic mass is 9.74. The Hall–Kier alpha value is -2.41. The molecule has 0 aromatic carbocycles. The number of fused-ring (bicyclic) bond motifs is 1. The molecule has 1 saturated heterocycles. The van der Waals surface area contributed by atoms with Gasteiger partial charge in [0.1, 0.15) is 11.4 Å². The zero-order valence-corrected chi connectivity index (χ0v) is 17.6. The van der Waals surface area contributed by atoms with Crippen molar-refractivity contribution in [2.24, 2.45) is 11.1 Å². The summed E-state index contributed by atoms with van der Waals surface area (Å²) in [6, 6.07) is 0.360. The molecule has 2 fully saturated rings. The molecule has 1 spiro atoms. The molecule has 1 aliphatic carbocycles. The first-order valence-corrected chi connectivity index (χ1v) is 10.8. The second kappa shape index (κ2) is 6.83. The van der Waals surface area contributed by atoms with Crippen LogP contribution in [0.2, 0.25) is 0 Å². The highest BCUT2D eigenvalue weighted by Gasteiger charge is 2.43. The number of piperidine rings is 1. The van der Waals surface area contributed by atoms with Gasteiger partial charge in [0.15, 0.2) is 0 Å². The van der Waals surface area contributed by atoms with Crippen molar-refractivity contribution in [1.82, 2.24) is 19.5 Å². The summed E-state index contributed by atoms with van der Waals surface area (Å²) in [4.78, 5) is 12.3. The van der Waals surface area contributed by atoms with Gasteiger partial charge in [0, 0.05) is 31.5 Å². The zero-order chi connectivity index (χ0) is 20.2. The minimum absolute atomic E-state index is 0.342. The van der Waals surface area contributed by atoms with Crippen molar-refractivity contribution in [3.05, 3.63) is 29.5 Å². The predicted octanol–water partition coefficient (Wildman–Crippen LogP) is 3.66. The van der Waals surface area contributed by atoms with Gasteiger partial charge in [0.25, 0.3) is 0 Å². The van der Waals surface area contributed by atoms with E-state index in [0.29, 0.717) is 11.5 Å². The molecule has 7 heteroatoms. The minimum atomic E-state index is 0.342. The smallest absolute Gasteiger partial charge is 0.211 e. The van der Waals surface area contributed by atoms with E-state index in [1.165, 1.54) is 19.3 Å². The minimum Gasteiger partial charge on any atom is -0.361 e. The Labute approximate surface area is 171 Å². The fourth-order valence-corrected chi connectivity index (χ4v) is 5.52. The molecular formula is C22H30N6O. The summed E-state index contributed by atoms with van der Waals surface area (Å²) in [7, 11) is 0. The number of anilines is 1. The van der Waals surface area contributed by atoms with E-state index in [2.05, 4.69) is 21.4 Å². The number of nitrogens with two attached hydrogens (primary N) is 1. The van der Waals surface area contributed by atoms with E-state index in [1.807, 2.05) is 26.2 Å². The third-order valence-electron chi connectivity index (χ3n) is 7.24. The summed E-state index contributed by atoms with van der Waals surface area (Å²) < 4.78 is 7.58. The zero-order valence-electron chi connectivity index (χ0n) is 17.6. The van der Waals surface area contributed by atoms with Crippen molar-refractivity contribution in [2.45, 2.75) is 65.3 Å². The van der Waals surface area contributed by atoms with Gasteiger partial charge < -0.3 is 15.2 Å². The molecule has 4 heterocycles. The van der Waals surface area contributed by atoms with Crippen molar-refractivity contribution in [1.29, 1.82) is 0 Å². The van der Waals surface area contributed by atoms with Crippen LogP contribution in [0, 0.1) is 19.3 Å². The van der Waals surface area contributed by atoms with Crippen LogP contribution in [0.25, 0.3) is 16.8 Å². The molecule has 1 saturated carbocycles. The Morgan fingerprint density at radius 1 is 1.21 bits per heavy atom. The van der Waals surface area contributed by atoms with Gasteiger partial charge in [-0.3, -0.25) is 4.40 Å². The topological polar surface area (TPSA) is 85.5 Å². The number of hydrogen-bond acceptors (Lipinski definition) is 6. The van der Waals surface area contributed by atoms with Gasteiger partial charge in [-0.25, -0.2) is 9.97 Å². The predicted molar refractivity (Wildman–Crippen MR) is 113 cm³/mol. The second-order valence-corrected chi connectivity index (χ2v) is 8.76. The Balaban J connectivity index is 1.57. The summed E-state index contributed by atoms with van der Waals surface area (Å²) >= 11 is 0. The summed E-state index contributed by atoms with van der Waals surface area (Å²) in [5, 5.41) is 4.16. The highest BCUT2D eigenvalue weighted by Crippen LogP contribution is 2.46. The lowest BCUT2D eigenvalue weighted by Gasteiger charge is -2.42. The number of nitrogens with zero attached hydrogens (tertiary/aromatic N) is 5. The molecule has 1 atom stereocenters. The average molecular weight is 395 g/mol. The molecule has 2 aliphatic rings. The second-order valence-electron chi connectivity index (χ2n) is 8.76. The highest BCUT2D eigenvalue weighted by molar-refractivity contribution is 5.83. The van der Waals surface area contributed by atoms with E-state index in [9.17, 15) is 0 Å². The first-order chi connectivity index (χ1) is 14.0. The fraction of sp³-hybridized carbons (Fsp3) is 0.591. The molecule has 3 aromatic rings. The van der Waals surface area contributed by atoms with Crippen LogP contribution in [-0.4, -0.2) is 38.7 Å². The van der Waals surface area contributed by atoms with Crippen LogP contribution in [0.4, 0.5) is 5.95 Å². The number of rotatable bonds is 3. The SMILES string of the molecule is CCc1nc(N2CCC3(CCC[C@H]3N)CC2)n2ccnc2c1-c1c(C)noc1C. The average Bonchev–Trinajstić information content (AvgIpc) is 3.43. The monoisotopic (exact) mass is 394 g/mol. The maximum atomic E-state index is 6.49. The molecule has 0 unspecified atom stereocenters.